The zero-order valence-electron chi connectivity index (χ0n) is 10.1. The second-order valence-electron chi connectivity index (χ2n) is 4.57. The van der Waals surface area contributed by atoms with Gasteiger partial charge < -0.3 is 0 Å². The van der Waals surface area contributed by atoms with E-state index in [0.29, 0.717) is 5.92 Å². The Labute approximate surface area is 96.8 Å². The number of nitrogens with zero attached hydrogens (tertiary/aromatic N) is 1. The van der Waals surface area contributed by atoms with E-state index in [1.54, 1.807) is 0 Å². The predicted octanol–water partition coefficient (Wildman–Crippen LogP) is 4.39. The molecule has 0 atom stereocenters. The Bertz CT molecular complexity index is 538. The maximum absolute atomic E-state index is 4.40. The van der Waals surface area contributed by atoms with Gasteiger partial charge in [-0.05, 0) is 42.2 Å². The fourth-order valence-corrected chi connectivity index (χ4v) is 1.94. The molecule has 2 aromatic rings. The van der Waals surface area contributed by atoms with Crippen molar-refractivity contribution in [2.24, 2.45) is 0 Å². The third-order valence-corrected chi connectivity index (χ3v) is 2.89. The molecule has 0 N–H and O–H groups in total. The standard InChI is InChI=1S/C15H17N/c1-10(2)12-5-6-15-14(9-12)13(11(3)4)7-8-16-15/h5-9,11H,1H2,2-4H3. The van der Waals surface area contributed by atoms with Crippen molar-refractivity contribution in [1.82, 2.24) is 4.98 Å². The molecule has 0 saturated carbocycles. The quantitative estimate of drug-likeness (QED) is 0.717. The summed E-state index contributed by atoms with van der Waals surface area (Å²) in [5.41, 5.74) is 4.71. The molecule has 0 aliphatic heterocycles. The first-order valence-corrected chi connectivity index (χ1v) is 5.64. The Kier molecular flexibility index (Phi) is 2.78. The molecule has 1 heteroatoms. The number of hydrogen-bond acceptors (Lipinski definition) is 1. The van der Waals surface area contributed by atoms with Crippen LogP contribution in [0.3, 0.4) is 0 Å². The third kappa shape index (κ3) is 1.85. The number of pyridine rings is 1. The van der Waals surface area contributed by atoms with Gasteiger partial charge in [0.1, 0.15) is 0 Å². The summed E-state index contributed by atoms with van der Waals surface area (Å²) in [6, 6.07) is 8.46. The Morgan fingerprint density at radius 2 is 2.00 bits per heavy atom. The molecule has 0 saturated heterocycles. The van der Waals surface area contributed by atoms with Crippen LogP contribution in [-0.2, 0) is 0 Å². The second-order valence-corrected chi connectivity index (χ2v) is 4.57. The molecule has 1 nitrogen and oxygen atoms in total. The molecule has 0 bridgehead atoms. The topological polar surface area (TPSA) is 12.9 Å². The molecule has 0 amide bonds. The minimum atomic E-state index is 0.519. The van der Waals surface area contributed by atoms with E-state index in [1.807, 2.05) is 13.1 Å². The zero-order valence-corrected chi connectivity index (χ0v) is 10.1. The summed E-state index contributed by atoms with van der Waals surface area (Å²) in [7, 11) is 0. The first kappa shape index (κ1) is 10.9. The number of allylic oxidation sites excluding steroid dienone is 1. The smallest absolute Gasteiger partial charge is 0.0705 e. The lowest BCUT2D eigenvalue weighted by molar-refractivity contribution is 0.874. The van der Waals surface area contributed by atoms with Crippen LogP contribution in [0.4, 0.5) is 0 Å². The monoisotopic (exact) mass is 211 g/mol. The summed E-state index contributed by atoms with van der Waals surface area (Å²) in [6.45, 7) is 10.4. The summed E-state index contributed by atoms with van der Waals surface area (Å²) >= 11 is 0. The molecule has 0 aliphatic rings. The van der Waals surface area contributed by atoms with Crippen molar-refractivity contribution in [3.63, 3.8) is 0 Å². The van der Waals surface area contributed by atoms with Gasteiger partial charge >= 0.3 is 0 Å². The lowest BCUT2D eigenvalue weighted by Gasteiger charge is -2.10. The van der Waals surface area contributed by atoms with Crippen LogP contribution < -0.4 is 0 Å². The molecule has 82 valence electrons. The predicted molar refractivity (Wildman–Crippen MR) is 70.5 cm³/mol. The van der Waals surface area contributed by atoms with Gasteiger partial charge in [0, 0.05) is 11.6 Å². The highest BCUT2D eigenvalue weighted by molar-refractivity contribution is 5.86. The number of rotatable bonds is 2. The molecule has 1 aromatic heterocycles. The number of benzene rings is 1. The van der Waals surface area contributed by atoms with Gasteiger partial charge in [-0.1, -0.05) is 32.1 Å². The van der Waals surface area contributed by atoms with Gasteiger partial charge in [0.2, 0.25) is 0 Å². The lowest BCUT2D eigenvalue weighted by Crippen LogP contribution is -1.92. The summed E-state index contributed by atoms with van der Waals surface area (Å²) in [6.07, 6.45) is 1.89. The summed E-state index contributed by atoms with van der Waals surface area (Å²) in [5, 5.41) is 1.25. The first-order chi connectivity index (χ1) is 7.59. The van der Waals surface area contributed by atoms with Crippen molar-refractivity contribution in [3.8, 4) is 0 Å². The highest BCUT2D eigenvalue weighted by Gasteiger charge is 2.06. The van der Waals surface area contributed by atoms with Crippen LogP contribution in [0.2, 0.25) is 0 Å². The van der Waals surface area contributed by atoms with E-state index in [1.165, 1.54) is 16.5 Å². The number of fused-ring (bicyclic) bond motifs is 1. The first-order valence-electron chi connectivity index (χ1n) is 5.64. The summed E-state index contributed by atoms with van der Waals surface area (Å²) in [4.78, 5) is 4.40. The van der Waals surface area contributed by atoms with Crippen LogP contribution in [0, 0.1) is 0 Å². The van der Waals surface area contributed by atoms with E-state index >= 15 is 0 Å². The molecule has 0 aliphatic carbocycles. The van der Waals surface area contributed by atoms with Crippen molar-refractivity contribution in [2.75, 3.05) is 0 Å². The maximum atomic E-state index is 4.40. The van der Waals surface area contributed by atoms with E-state index in [9.17, 15) is 0 Å². The van der Waals surface area contributed by atoms with Crippen LogP contribution in [-0.4, -0.2) is 4.98 Å². The van der Waals surface area contributed by atoms with Gasteiger partial charge in [0.15, 0.2) is 0 Å². The molecule has 1 heterocycles. The largest absolute Gasteiger partial charge is 0.256 e. The van der Waals surface area contributed by atoms with Crippen molar-refractivity contribution in [2.45, 2.75) is 26.7 Å². The average Bonchev–Trinajstić information content (AvgIpc) is 2.27. The van der Waals surface area contributed by atoms with Crippen LogP contribution >= 0.6 is 0 Å². The SMILES string of the molecule is C=C(C)c1ccc2nccc(C(C)C)c2c1. The van der Waals surface area contributed by atoms with E-state index in [4.69, 9.17) is 0 Å². The molecule has 0 unspecified atom stereocenters. The van der Waals surface area contributed by atoms with Gasteiger partial charge in [-0.2, -0.15) is 0 Å². The third-order valence-electron chi connectivity index (χ3n) is 2.89. The Balaban J connectivity index is 2.73. The van der Waals surface area contributed by atoms with Crippen LogP contribution in [0.25, 0.3) is 16.5 Å². The zero-order chi connectivity index (χ0) is 11.7. The van der Waals surface area contributed by atoms with Gasteiger partial charge in [-0.25, -0.2) is 0 Å². The van der Waals surface area contributed by atoms with Gasteiger partial charge in [-0.3, -0.25) is 4.98 Å². The lowest BCUT2D eigenvalue weighted by atomic mass is 9.96. The van der Waals surface area contributed by atoms with Gasteiger partial charge in [-0.15, -0.1) is 0 Å². The Hall–Kier alpha value is -1.63. The second kappa shape index (κ2) is 4.09. The van der Waals surface area contributed by atoms with Gasteiger partial charge in [0.25, 0.3) is 0 Å². The highest BCUT2D eigenvalue weighted by atomic mass is 14.6. The van der Waals surface area contributed by atoms with Crippen LogP contribution in [0.15, 0.2) is 37.0 Å². The maximum Gasteiger partial charge on any atom is 0.0705 e. The van der Waals surface area contributed by atoms with E-state index in [0.717, 1.165) is 11.1 Å². The molecule has 0 spiro atoms. The van der Waals surface area contributed by atoms with E-state index in [2.05, 4.69) is 49.7 Å². The van der Waals surface area contributed by atoms with Gasteiger partial charge in [0.05, 0.1) is 5.52 Å². The Morgan fingerprint density at radius 3 is 2.62 bits per heavy atom. The van der Waals surface area contributed by atoms with Crippen LogP contribution in [0.1, 0.15) is 37.8 Å². The molecular formula is C15H17N. The number of hydrogen-bond donors (Lipinski definition) is 0. The molecule has 16 heavy (non-hydrogen) atoms. The van der Waals surface area contributed by atoms with Crippen molar-refractivity contribution < 1.29 is 0 Å². The molecular weight excluding hydrogens is 194 g/mol. The fourth-order valence-electron chi connectivity index (χ4n) is 1.94. The molecule has 0 radical (unpaired) electrons. The van der Waals surface area contributed by atoms with Crippen LogP contribution in [0.5, 0.6) is 0 Å². The summed E-state index contributed by atoms with van der Waals surface area (Å²) < 4.78 is 0. The van der Waals surface area contributed by atoms with Crippen molar-refractivity contribution in [1.29, 1.82) is 0 Å². The van der Waals surface area contributed by atoms with E-state index in [-0.39, 0.29) is 0 Å². The minimum Gasteiger partial charge on any atom is -0.256 e. The molecule has 1 aromatic carbocycles. The Morgan fingerprint density at radius 1 is 1.25 bits per heavy atom. The average molecular weight is 211 g/mol. The minimum absolute atomic E-state index is 0.519. The van der Waals surface area contributed by atoms with Crippen molar-refractivity contribution >= 4 is 16.5 Å². The van der Waals surface area contributed by atoms with Crippen molar-refractivity contribution in [3.05, 3.63) is 48.2 Å². The highest BCUT2D eigenvalue weighted by Crippen LogP contribution is 2.26. The fraction of sp³-hybridized carbons (Fsp3) is 0.267. The number of aromatic nitrogens is 1. The normalized spacial score (nSPS) is 11.0. The molecule has 0 fully saturated rings. The molecule has 2 rings (SSSR count). The van der Waals surface area contributed by atoms with E-state index < -0.39 is 0 Å². The summed E-state index contributed by atoms with van der Waals surface area (Å²) in [5.74, 6) is 0.519.